The van der Waals surface area contributed by atoms with Gasteiger partial charge in [-0.1, -0.05) is 42.5 Å². The first-order valence-electron chi connectivity index (χ1n) is 9.31. The zero-order valence-electron chi connectivity index (χ0n) is 15.5. The maximum atomic E-state index is 12.1. The molecule has 1 aliphatic heterocycles. The summed E-state index contributed by atoms with van der Waals surface area (Å²) >= 11 is 0. The first-order chi connectivity index (χ1) is 12.9. The van der Waals surface area contributed by atoms with Gasteiger partial charge in [-0.05, 0) is 36.1 Å². The Bertz CT molecular complexity index is 900. The minimum atomic E-state index is -3.18. The van der Waals surface area contributed by atoms with Crippen molar-refractivity contribution in [3.8, 4) is 0 Å². The summed E-state index contributed by atoms with van der Waals surface area (Å²) in [5.41, 5.74) is 1.10. The zero-order valence-corrected chi connectivity index (χ0v) is 16.4. The second-order valence-corrected chi connectivity index (χ2v) is 9.23. The van der Waals surface area contributed by atoms with E-state index in [4.69, 9.17) is 0 Å². The fraction of sp³-hybridized carbons (Fsp3) is 0.450. The Morgan fingerprint density at radius 1 is 1.15 bits per heavy atom. The van der Waals surface area contributed by atoms with Crippen molar-refractivity contribution in [3.05, 3.63) is 48.0 Å². The maximum absolute atomic E-state index is 12.1. The normalized spacial score (nSPS) is 16.8. The van der Waals surface area contributed by atoms with E-state index < -0.39 is 16.0 Å². The number of aliphatic carboxylic acids is 1. The van der Waals surface area contributed by atoms with Crippen molar-refractivity contribution in [3.63, 3.8) is 0 Å². The van der Waals surface area contributed by atoms with Gasteiger partial charge in [0.05, 0.1) is 12.3 Å². The topological polar surface area (TPSA) is 77.9 Å². The number of nitrogens with zero attached hydrogens (tertiary/aromatic N) is 2. The third kappa shape index (κ3) is 4.66. The Kier molecular flexibility index (Phi) is 6.14. The largest absolute Gasteiger partial charge is 0.480 e. The first kappa shape index (κ1) is 19.8. The predicted molar refractivity (Wildman–Crippen MR) is 106 cm³/mol. The van der Waals surface area contributed by atoms with Crippen molar-refractivity contribution < 1.29 is 18.3 Å². The molecule has 0 radical (unpaired) electrons. The fourth-order valence-electron chi connectivity index (χ4n) is 3.81. The smallest absolute Gasteiger partial charge is 0.317 e. The summed E-state index contributed by atoms with van der Waals surface area (Å²) in [6, 6.07) is 14.2. The van der Waals surface area contributed by atoms with Gasteiger partial charge in [0.2, 0.25) is 10.0 Å². The lowest BCUT2D eigenvalue weighted by molar-refractivity contribution is -0.139. The Morgan fingerprint density at radius 2 is 1.81 bits per heavy atom. The summed E-state index contributed by atoms with van der Waals surface area (Å²) in [6.45, 7) is 3.05. The summed E-state index contributed by atoms with van der Waals surface area (Å²) < 4.78 is 25.7. The van der Waals surface area contributed by atoms with E-state index in [1.165, 1.54) is 4.31 Å². The number of carboxylic acids is 1. The number of fused-ring (bicyclic) bond motifs is 1. The van der Waals surface area contributed by atoms with Crippen LogP contribution in [0.15, 0.2) is 42.5 Å². The molecule has 0 amide bonds. The van der Waals surface area contributed by atoms with Gasteiger partial charge in [0, 0.05) is 25.7 Å². The van der Waals surface area contributed by atoms with Crippen molar-refractivity contribution in [2.24, 2.45) is 0 Å². The van der Waals surface area contributed by atoms with Crippen LogP contribution in [0.25, 0.3) is 10.8 Å². The molecule has 0 aliphatic carbocycles. The second-order valence-electron chi connectivity index (χ2n) is 6.97. The van der Waals surface area contributed by atoms with Crippen LogP contribution in [-0.4, -0.2) is 60.1 Å². The molecule has 1 N–H and O–H groups in total. The number of benzene rings is 2. The summed E-state index contributed by atoms with van der Waals surface area (Å²) in [6.07, 6.45) is 1.30. The van der Waals surface area contributed by atoms with Crippen LogP contribution in [0.1, 0.15) is 25.3 Å². The number of hydrogen-bond donors (Lipinski definition) is 1. The van der Waals surface area contributed by atoms with Crippen molar-refractivity contribution >= 4 is 26.8 Å². The molecule has 0 bridgehead atoms. The molecule has 146 valence electrons. The van der Waals surface area contributed by atoms with E-state index >= 15 is 0 Å². The summed E-state index contributed by atoms with van der Waals surface area (Å²) in [5.74, 6) is -0.758. The van der Waals surface area contributed by atoms with Crippen LogP contribution < -0.4 is 0 Å². The van der Waals surface area contributed by atoms with Crippen molar-refractivity contribution in [1.29, 1.82) is 0 Å². The lowest BCUT2D eigenvalue weighted by Gasteiger charge is -2.37. The van der Waals surface area contributed by atoms with Gasteiger partial charge in [-0.2, -0.15) is 0 Å². The molecule has 0 unspecified atom stereocenters. The van der Waals surface area contributed by atoms with Crippen molar-refractivity contribution in [2.45, 2.75) is 32.4 Å². The summed E-state index contributed by atoms with van der Waals surface area (Å²) in [5, 5.41) is 11.6. The standard InChI is InChI=1S/C20H26N2O4S/c1-2-27(25,26)22-12-10-18(11-13-22)21(15-20(23)24)14-17-8-5-7-16-6-3-4-9-19(16)17/h3-9,18H,2,10-15H2,1H3,(H,23,24). The predicted octanol–water partition coefficient (Wildman–Crippen LogP) is 2.54. The number of hydrogen-bond acceptors (Lipinski definition) is 4. The molecule has 3 rings (SSSR count). The number of carbonyl (C=O) groups is 1. The zero-order chi connectivity index (χ0) is 19.4. The molecule has 0 atom stereocenters. The quantitative estimate of drug-likeness (QED) is 0.786. The van der Waals surface area contributed by atoms with Crippen LogP contribution in [0.4, 0.5) is 0 Å². The highest BCUT2D eigenvalue weighted by Gasteiger charge is 2.30. The highest BCUT2D eigenvalue weighted by Crippen LogP contribution is 2.24. The Labute approximate surface area is 160 Å². The summed E-state index contributed by atoms with van der Waals surface area (Å²) in [7, 11) is -3.18. The molecular formula is C20H26N2O4S. The Morgan fingerprint density at radius 3 is 2.48 bits per heavy atom. The average molecular weight is 391 g/mol. The molecule has 0 spiro atoms. The van der Waals surface area contributed by atoms with Gasteiger partial charge in [0.15, 0.2) is 0 Å². The number of piperidine rings is 1. The van der Waals surface area contributed by atoms with Crippen LogP contribution in [-0.2, 0) is 21.4 Å². The fourth-order valence-corrected chi connectivity index (χ4v) is 4.94. The molecule has 1 heterocycles. The number of carboxylic acid groups (broad SMARTS) is 1. The molecule has 2 aromatic carbocycles. The third-order valence-electron chi connectivity index (χ3n) is 5.29. The molecule has 27 heavy (non-hydrogen) atoms. The van der Waals surface area contributed by atoms with E-state index in [-0.39, 0.29) is 18.3 Å². The molecule has 2 aromatic rings. The molecule has 1 fully saturated rings. The van der Waals surface area contributed by atoms with E-state index in [2.05, 4.69) is 18.2 Å². The van der Waals surface area contributed by atoms with Gasteiger partial charge >= 0.3 is 5.97 Å². The molecule has 1 aliphatic rings. The van der Waals surface area contributed by atoms with Crippen LogP contribution >= 0.6 is 0 Å². The van der Waals surface area contributed by atoms with E-state index in [1.54, 1.807) is 6.92 Å². The first-order valence-corrected chi connectivity index (χ1v) is 10.9. The van der Waals surface area contributed by atoms with E-state index in [0.29, 0.717) is 32.5 Å². The van der Waals surface area contributed by atoms with Gasteiger partial charge in [0.1, 0.15) is 0 Å². The van der Waals surface area contributed by atoms with Gasteiger partial charge in [-0.3, -0.25) is 9.69 Å². The van der Waals surface area contributed by atoms with E-state index in [0.717, 1.165) is 16.3 Å². The van der Waals surface area contributed by atoms with Crippen LogP contribution in [0, 0.1) is 0 Å². The van der Waals surface area contributed by atoms with E-state index in [1.807, 2.05) is 29.2 Å². The second kappa shape index (κ2) is 8.37. The van der Waals surface area contributed by atoms with Crippen molar-refractivity contribution in [2.75, 3.05) is 25.4 Å². The van der Waals surface area contributed by atoms with Gasteiger partial charge in [0.25, 0.3) is 0 Å². The highest BCUT2D eigenvalue weighted by molar-refractivity contribution is 7.89. The minimum Gasteiger partial charge on any atom is -0.480 e. The molecular weight excluding hydrogens is 364 g/mol. The van der Waals surface area contributed by atoms with Gasteiger partial charge < -0.3 is 5.11 Å². The SMILES string of the molecule is CCS(=O)(=O)N1CCC(N(CC(=O)O)Cc2cccc3ccccc23)CC1. The van der Waals surface area contributed by atoms with Crippen LogP contribution in [0.5, 0.6) is 0 Å². The lowest BCUT2D eigenvalue weighted by atomic mass is 10.0. The minimum absolute atomic E-state index is 0.0472. The number of sulfonamides is 1. The monoisotopic (exact) mass is 390 g/mol. The average Bonchev–Trinajstić information content (AvgIpc) is 2.67. The van der Waals surface area contributed by atoms with Crippen molar-refractivity contribution in [1.82, 2.24) is 9.21 Å². The van der Waals surface area contributed by atoms with Crippen LogP contribution in [0.2, 0.25) is 0 Å². The Hall–Kier alpha value is -1.96. The number of rotatable bonds is 7. The molecule has 6 nitrogen and oxygen atoms in total. The maximum Gasteiger partial charge on any atom is 0.317 e. The van der Waals surface area contributed by atoms with E-state index in [9.17, 15) is 18.3 Å². The molecule has 7 heteroatoms. The van der Waals surface area contributed by atoms with Gasteiger partial charge in [-0.15, -0.1) is 0 Å². The molecule has 0 saturated carbocycles. The highest BCUT2D eigenvalue weighted by atomic mass is 32.2. The Balaban J connectivity index is 1.78. The molecule has 0 aromatic heterocycles. The lowest BCUT2D eigenvalue weighted by Crippen LogP contribution is -2.48. The summed E-state index contributed by atoms with van der Waals surface area (Å²) in [4.78, 5) is 13.4. The molecule has 1 saturated heterocycles. The van der Waals surface area contributed by atoms with Gasteiger partial charge in [-0.25, -0.2) is 12.7 Å². The third-order valence-corrected chi connectivity index (χ3v) is 7.17. The van der Waals surface area contributed by atoms with Crippen LogP contribution in [0.3, 0.4) is 0 Å².